The van der Waals surface area contributed by atoms with Crippen LogP contribution in [0.2, 0.25) is 0 Å². The zero-order valence-corrected chi connectivity index (χ0v) is 10.6. The van der Waals surface area contributed by atoms with Crippen LogP contribution in [0.25, 0.3) is 0 Å². The highest BCUT2D eigenvalue weighted by Gasteiger charge is 2.23. The molecule has 0 heterocycles. The lowest BCUT2D eigenvalue weighted by Crippen LogP contribution is -2.18. The highest BCUT2D eigenvalue weighted by molar-refractivity contribution is 6.41. The number of Topliss-reactive ketones (excluding diaryl/α,β-unsaturated/α-hetero) is 1. The Balaban J connectivity index is 3.21. The van der Waals surface area contributed by atoms with Gasteiger partial charge in [-0.05, 0) is 25.0 Å². The van der Waals surface area contributed by atoms with Gasteiger partial charge in [0.05, 0.1) is 19.3 Å². The zero-order chi connectivity index (χ0) is 13.7. The van der Waals surface area contributed by atoms with E-state index in [2.05, 4.69) is 4.74 Å². The summed E-state index contributed by atoms with van der Waals surface area (Å²) >= 11 is 0. The molecule has 0 bridgehead atoms. The second-order valence-electron chi connectivity index (χ2n) is 3.55. The molecule has 0 saturated heterocycles. The molecule has 0 saturated carbocycles. The highest BCUT2D eigenvalue weighted by Crippen LogP contribution is 2.24. The number of hydrogen-bond acceptors (Lipinski definition) is 4. The second kappa shape index (κ2) is 6.14. The highest BCUT2D eigenvalue weighted by atomic mass is 19.1. The number of aryl methyl sites for hydroxylation is 1. The van der Waals surface area contributed by atoms with E-state index in [1.54, 1.807) is 13.8 Å². The molecule has 0 aliphatic heterocycles. The predicted molar refractivity (Wildman–Crippen MR) is 63.3 cm³/mol. The third-order valence-electron chi connectivity index (χ3n) is 2.45. The molecule has 0 aliphatic carbocycles. The maximum atomic E-state index is 13.5. The minimum Gasteiger partial charge on any atom is -0.496 e. The quantitative estimate of drug-likeness (QED) is 0.459. The summed E-state index contributed by atoms with van der Waals surface area (Å²) in [6.07, 6.45) is 0.416. The molecular formula is C13H15FO4. The van der Waals surface area contributed by atoms with Crippen LogP contribution in [0.4, 0.5) is 4.39 Å². The van der Waals surface area contributed by atoms with E-state index in [-0.39, 0.29) is 17.9 Å². The average molecular weight is 254 g/mol. The van der Waals surface area contributed by atoms with Crippen LogP contribution in [-0.4, -0.2) is 25.5 Å². The van der Waals surface area contributed by atoms with Gasteiger partial charge in [-0.2, -0.15) is 0 Å². The van der Waals surface area contributed by atoms with E-state index in [9.17, 15) is 14.0 Å². The molecule has 0 aliphatic rings. The first-order valence-electron chi connectivity index (χ1n) is 5.62. The molecule has 1 aromatic rings. The lowest BCUT2D eigenvalue weighted by atomic mass is 10.0. The molecule has 0 unspecified atom stereocenters. The number of esters is 1. The van der Waals surface area contributed by atoms with Gasteiger partial charge in [0.25, 0.3) is 5.78 Å². The molecule has 5 heteroatoms. The van der Waals surface area contributed by atoms with E-state index < -0.39 is 17.6 Å². The number of methoxy groups -OCH3 is 1. The summed E-state index contributed by atoms with van der Waals surface area (Å²) in [5.74, 6) is -2.23. The standard InChI is InChI=1S/C13H15FO4/c1-4-8-6-9(11(17-3)7-10(8)14)12(15)13(16)18-5-2/h6-7H,4-5H2,1-3H3. The first-order chi connectivity index (χ1) is 8.54. The Hall–Kier alpha value is -1.91. The topological polar surface area (TPSA) is 52.6 Å². The fourth-order valence-electron chi connectivity index (χ4n) is 1.52. The van der Waals surface area contributed by atoms with Gasteiger partial charge in [0.2, 0.25) is 0 Å². The van der Waals surface area contributed by atoms with Gasteiger partial charge in [-0.15, -0.1) is 0 Å². The maximum Gasteiger partial charge on any atom is 0.379 e. The number of ketones is 1. The van der Waals surface area contributed by atoms with Gasteiger partial charge in [-0.1, -0.05) is 6.92 Å². The van der Waals surface area contributed by atoms with E-state index in [0.29, 0.717) is 12.0 Å². The lowest BCUT2D eigenvalue weighted by molar-refractivity contribution is -0.137. The SMILES string of the molecule is CCOC(=O)C(=O)c1cc(CC)c(F)cc1OC. The minimum absolute atomic E-state index is 0.0224. The van der Waals surface area contributed by atoms with Gasteiger partial charge >= 0.3 is 5.97 Å². The van der Waals surface area contributed by atoms with Crippen molar-refractivity contribution in [1.29, 1.82) is 0 Å². The molecule has 0 atom stereocenters. The molecule has 4 nitrogen and oxygen atoms in total. The van der Waals surface area contributed by atoms with E-state index in [1.165, 1.54) is 13.2 Å². The number of carbonyl (C=O) groups is 2. The summed E-state index contributed by atoms with van der Waals surface area (Å²) in [6.45, 7) is 3.46. The lowest BCUT2D eigenvalue weighted by Gasteiger charge is -2.10. The van der Waals surface area contributed by atoms with Crippen molar-refractivity contribution >= 4 is 11.8 Å². The summed E-state index contributed by atoms with van der Waals surface area (Å²) < 4.78 is 23.1. The van der Waals surface area contributed by atoms with Gasteiger partial charge < -0.3 is 9.47 Å². The molecule has 0 amide bonds. The van der Waals surface area contributed by atoms with Gasteiger partial charge in [0.15, 0.2) is 0 Å². The molecule has 0 aromatic heterocycles. The Morgan fingerprint density at radius 2 is 1.94 bits per heavy atom. The summed E-state index contributed by atoms with van der Waals surface area (Å²) in [6, 6.07) is 2.43. The van der Waals surface area contributed by atoms with Crippen LogP contribution in [0.15, 0.2) is 12.1 Å². The van der Waals surface area contributed by atoms with Crippen molar-refractivity contribution < 1.29 is 23.5 Å². The van der Waals surface area contributed by atoms with Crippen LogP contribution >= 0.6 is 0 Å². The molecule has 98 valence electrons. The fourth-order valence-corrected chi connectivity index (χ4v) is 1.52. The molecule has 0 N–H and O–H groups in total. The van der Waals surface area contributed by atoms with Crippen molar-refractivity contribution in [1.82, 2.24) is 0 Å². The summed E-state index contributed by atoms with van der Waals surface area (Å²) in [5, 5.41) is 0. The first kappa shape index (κ1) is 14.2. The van der Waals surface area contributed by atoms with Crippen molar-refractivity contribution in [3.8, 4) is 5.75 Å². The number of hydrogen-bond donors (Lipinski definition) is 0. The maximum absolute atomic E-state index is 13.5. The van der Waals surface area contributed by atoms with Gasteiger partial charge in [0.1, 0.15) is 11.6 Å². The number of rotatable bonds is 5. The van der Waals surface area contributed by atoms with Crippen LogP contribution in [-0.2, 0) is 16.0 Å². The zero-order valence-electron chi connectivity index (χ0n) is 10.6. The van der Waals surface area contributed by atoms with Crippen LogP contribution in [0.5, 0.6) is 5.75 Å². The van der Waals surface area contributed by atoms with E-state index in [0.717, 1.165) is 6.07 Å². The first-order valence-corrected chi connectivity index (χ1v) is 5.62. The third-order valence-corrected chi connectivity index (χ3v) is 2.45. The Morgan fingerprint density at radius 1 is 1.28 bits per heavy atom. The monoisotopic (exact) mass is 254 g/mol. The smallest absolute Gasteiger partial charge is 0.379 e. The number of ether oxygens (including phenoxy) is 2. The average Bonchev–Trinajstić information content (AvgIpc) is 2.37. The fraction of sp³-hybridized carbons (Fsp3) is 0.385. The molecule has 0 spiro atoms. The summed E-state index contributed by atoms with van der Waals surface area (Å²) in [5.41, 5.74) is 0.373. The normalized spacial score (nSPS) is 10.0. The third kappa shape index (κ3) is 2.85. The van der Waals surface area contributed by atoms with E-state index in [4.69, 9.17) is 4.74 Å². The molecule has 0 radical (unpaired) electrons. The predicted octanol–water partition coefficient (Wildman–Crippen LogP) is 2.14. The van der Waals surface area contributed by atoms with Crippen LogP contribution in [0.1, 0.15) is 29.8 Å². The molecule has 1 aromatic carbocycles. The Kier molecular flexibility index (Phi) is 4.83. The largest absolute Gasteiger partial charge is 0.496 e. The summed E-state index contributed by atoms with van der Waals surface area (Å²) in [7, 11) is 1.31. The van der Waals surface area contributed by atoms with Crippen molar-refractivity contribution in [2.45, 2.75) is 20.3 Å². The Morgan fingerprint density at radius 3 is 2.44 bits per heavy atom. The molecule has 1 rings (SSSR count). The number of benzene rings is 1. The Labute approximate surface area is 105 Å². The van der Waals surface area contributed by atoms with E-state index in [1.807, 2.05) is 0 Å². The minimum atomic E-state index is -0.968. The molecule has 0 fully saturated rings. The van der Waals surface area contributed by atoms with Crippen molar-refractivity contribution in [2.24, 2.45) is 0 Å². The molecule has 18 heavy (non-hydrogen) atoms. The van der Waals surface area contributed by atoms with E-state index >= 15 is 0 Å². The number of carbonyl (C=O) groups excluding carboxylic acids is 2. The van der Waals surface area contributed by atoms with Crippen molar-refractivity contribution in [3.63, 3.8) is 0 Å². The number of halogens is 1. The van der Waals surface area contributed by atoms with Crippen LogP contribution in [0.3, 0.4) is 0 Å². The van der Waals surface area contributed by atoms with Crippen LogP contribution < -0.4 is 4.74 Å². The Bertz CT molecular complexity index is 468. The van der Waals surface area contributed by atoms with Crippen molar-refractivity contribution in [2.75, 3.05) is 13.7 Å². The molecular weight excluding hydrogens is 239 g/mol. The van der Waals surface area contributed by atoms with Gasteiger partial charge in [0, 0.05) is 6.07 Å². The second-order valence-corrected chi connectivity index (χ2v) is 3.55. The summed E-state index contributed by atoms with van der Waals surface area (Å²) in [4.78, 5) is 23.2. The van der Waals surface area contributed by atoms with Crippen molar-refractivity contribution in [3.05, 3.63) is 29.1 Å². The van der Waals surface area contributed by atoms with Crippen LogP contribution in [0, 0.1) is 5.82 Å². The van der Waals surface area contributed by atoms with Gasteiger partial charge in [-0.3, -0.25) is 4.79 Å². The van der Waals surface area contributed by atoms with Gasteiger partial charge in [-0.25, -0.2) is 9.18 Å².